The van der Waals surface area contributed by atoms with Crippen LogP contribution < -0.4 is 0 Å². The molecule has 0 saturated carbocycles. The minimum Gasteiger partial charge on any atom is -0.392 e. The summed E-state index contributed by atoms with van der Waals surface area (Å²) in [7, 11) is -1.57. The van der Waals surface area contributed by atoms with Crippen molar-refractivity contribution in [3.63, 3.8) is 0 Å². The lowest BCUT2D eigenvalue weighted by Gasteiger charge is -2.33. The number of aliphatic hydroxyl groups is 1. The van der Waals surface area contributed by atoms with E-state index in [0.29, 0.717) is 0 Å². The van der Waals surface area contributed by atoms with Gasteiger partial charge in [0.2, 0.25) is 0 Å². The van der Waals surface area contributed by atoms with E-state index in [2.05, 4.69) is 6.92 Å². The van der Waals surface area contributed by atoms with Crippen molar-refractivity contribution in [1.29, 1.82) is 0 Å². The smallest absolute Gasteiger partial charge is 0.0836 e. The fraction of sp³-hybridized carbons (Fsp3) is 0.833. The Morgan fingerprint density at radius 1 is 1.56 bits per heavy atom. The molecular formula is C6H14ClOSi. The third-order valence-electron chi connectivity index (χ3n) is 1.62. The largest absolute Gasteiger partial charge is 0.392 e. The molecule has 1 nitrogen and oxygen atoms in total. The Morgan fingerprint density at radius 3 is 1.89 bits per heavy atom. The van der Waals surface area contributed by atoms with Gasteiger partial charge in [-0.2, -0.15) is 0 Å². The monoisotopic (exact) mass is 165 g/mol. The minimum atomic E-state index is -1.57. The molecule has 1 N–H and O–H groups in total. The second kappa shape index (κ2) is 2.60. The summed E-state index contributed by atoms with van der Waals surface area (Å²) >= 11 is 5.50. The van der Waals surface area contributed by atoms with E-state index in [1.807, 2.05) is 19.6 Å². The lowest BCUT2D eigenvalue weighted by molar-refractivity contribution is 0.188. The van der Waals surface area contributed by atoms with Crippen LogP contribution in [-0.4, -0.2) is 24.3 Å². The van der Waals surface area contributed by atoms with E-state index in [9.17, 15) is 5.11 Å². The maximum Gasteiger partial charge on any atom is 0.0836 e. The summed E-state index contributed by atoms with van der Waals surface area (Å²) in [5.74, 6) is 0.239. The molecule has 0 amide bonds. The summed E-state index contributed by atoms with van der Waals surface area (Å²) in [6, 6.07) is 0. The standard InChI is InChI=1S/C6H14ClOSi/c1-6(8,5-7)9(2,3)4/h8H,1,5H2,2-4H3. The summed E-state index contributed by atoms with van der Waals surface area (Å²) in [6.07, 6.45) is 0. The molecule has 1 atom stereocenters. The summed E-state index contributed by atoms with van der Waals surface area (Å²) in [5, 5.41) is 8.61. The first-order valence-corrected chi connectivity index (χ1v) is 6.98. The molecule has 0 aromatic carbocycles. The Hall–Kier alpha value is 0.467. The van der Waals surface area contributed by atoms with E-state index >= 15 is 0 Å². The van der Waals surface area contributed by atoms with Gasteiger partial charge >= 0.3 is 0 Å². The van der Waals surface area contributed by atoms with Gasteiger partial charge in [-0.1, -0.05) is 19.6 Å². The van der Waals surface area contributed by atoms with Crippen LogP contribution in [0.2, 0.25) is 19.6 Å². The first-order valence-electron chi connectivity index (χ1n) is 2.95. The van der Waals surface area contributed by atoms with Gasteiger partial charge in [0.15, 0.2) is 0 Å². The van der Waals surface area contributed by atoms with Crippen molar-refractivity contribution >= 4 is 19.7 Å². The molecule has 0 fully saturated rings. The van der Waals surface area contributed by atoms with E-state index in [1.54, 1.807) is 0 Å². The van der Waals surface area contributed by atoms with Crippen molar-refractivity contribution in [1.82, 2.24) is 0 Å². The summed E-state index contributed by atoms with van der Waals surface area (Å²) in [5.41, 5.74) is 0. The van der Waals surface area contributed by atoms with Gasteiger partial charge in [0.05, 0.1) is 13.3 Å². The summed E-state index contributed by atoms with van der Waals surface area (Å²) in [6.45, 7) is 9.78. The van der Waals surface area contributed by atoms with Crippen molar-refractivity contribution < 1.29 is 5.11 Å². The topological polar surface area (TPSA) is 20.2 Å². The fourth-order valence-electron chi connectivity index (χ4n) is 0.200. The SMILES string of the molecule is [CH2]C(O)(CCl)[Si](C)(C)C. The molecule has 3 heteroatoms. The van der Waals surface area contributed by atoms with E-state index in [0.717, 1.165) is 0 Å². The average molecular weight is 166 g/mol. The van der Waals surface area contributed by atoms with Gasteiger partial charge in [-0.3, -0.25) is 0 Å². The summed E-state index contributed by atoms with van der Waals surface area (Å²) in [4.78, 5) is 0. The van der Waals surface area contributed by atoms with Crippen LogP contribution in [0, 0.1) is 6.92 Å². The second-order valence-electron chi connectivity index (χ2n) is 3.42. The Balaban J connectivity index is 4.14. The third-order valence-corrected chi connectivity index (χ3v) is 5.25. The molecule has 1 radical (unpaired) electrons. The highest BCUT2D eigenvalue weighted by Gasteiger charge is 2.36. The van der Waals surface area contributed by atoms with Crippen LogP contribution in [0.25, 0.3) is 0 Å². The van der Waals surface area contributed by atoms with Gasteiger partial charge in [-0.05, 0) is 6.92 Å². The average Bonchev–Trinajstić information content (AvgIpc) is 1.64. The number of hydrogen-bond acceptors (Lipinski definition) is 1. The predicted molar refractivity (Wildman–Crippen MR) is 44.4 cm³/mol. The molecule has 0 aromatic heterocycles. The molecule has 0 aliphatic heterocycles. The van der Waals surface area contributed by atoms with E-state index in [-0.39, 0.29) is 5.88 Å². The molecule has 0 saturated heterocycles. The van der Waals surface area contributed by atoms with Gasteiger partial charge in [0.25, 0.3) is 0 Å². The van der Waals surface area contributed by atoms with Crippen molar-refractivity contribution in [3.05, 3.63) is 6.92 Å². The zero-order valence-electron chi connectivity index (χ0n) is 6.24. The minimum absolute atomic E-state index is 0.239. The van der Waals surface area contributed by atoms with Crippen LogP contribution in [-0.2, 0) is 0 Å². The zero-order valence-corrected chi connectivity index (χ0v) is 8.00. The van der Waals surface area contributed by atoms with Gasteiger partial charge in [-0.15, -0.1) is 11.6 Å². The highest BCUT2D eigenvalue weighted by molar-refractivity contribution is 6.79. The maximum absolute atomic E-state index is 9.48. The highest BCUT2D eigenvalue weighted by atomic mass is 35.5. The molecular weight excluding hydrogens is 152 g/mol. The predicted octanol–water partition coefficient (Wildman–Crippen LogP) is 1.67. The van der Waals surface area contributed by atoms with Crippen LogP contribution in [0.1, 0.15) is 0 Å². The molecule has 0 bridgehead atoms. The lowest BCUT2D eigenvalue weighted by Crippen LogP contribution is -2.51. The number of rotatable bonds is 2. The molecule has 0 spiro atoms. The third kappa shape index (κ3) is 2.28. The van der Waals surface area contributed by atoms with Crippen LogP contribution in [0.15, 0.2) is 0 Å². The molecule has 0 aliphatic rings. The summed E-state index contributed by atoms with van der Waals surface area (Å²) < 4.78 is 0. The van der Waals surface area contributed by atoms with Gasteiger partial charge in [0.1, 0.15) is 0 Å². The van der Waals surface area contributed by atoms with E-state index in [1.165, 1.54) is 0 Å². The van der Waals surface area contributed by atoms with Crippen LogP contribution in [0.5, 0.6) is 0 Å². The molecule has 9 heavy (non-hydrogen) atoms. The van der Waals surface area contributed by atoms with E-state index in [4.69, 9.17) is 11.6 Å². The zero-order chi connectivity index (χ0) is 7.71. The first kappa shape index (κ1) is 9.47. The van der Waals surface area contributed by atoms with Gasteiger partial charge in [-0.25, -0.2) is 0 Å². The lowest BCUT2D eigenvalue weighted by atomic mass is 10.5. The van der Waals surface area contributed by atoms with Crippen LogP contribution >= 0.6 is 11.6 Å². The van der Waals surface area contributed by atoms with Crippen molar-refractivity contribution in [2.45, 2.75) is 24.9 Å². The molecule has 0 heterocycles. The quantitative estimate of drug-likeness (QED) is 0.488. The Kier molecular flexibility index (Phi) is 2.74. The molecule has 0 aromatic rings. The van der Waals surface area contributed by atoms with Gasteiger partial charge in [0, 0.05) is 5.88 Å². The van der Waals surface area contributed by atoms with Crippen molar-refractivity contribution in [3.8, 4) is 0 Å². The second-order valence-corrected chi connectivity index (χ2v) is 9.11. The van der Waals surface area contributed by atoms with Crippen LogP contribution in [0.3, 0.4) is 0 Å². The van der Waals surface area contributed by atoms with Crippen molar-refractivity contribution in [2.24, 2.45) is 0 Å². The number of halogens is 1. The van der Waals surface area contributed by atoms with E-state index < -0.39 is 13.3 Å². The Morgan fingerprint density at radius 2 is 1.89 bits per heavy atom. The van der Waals surface area contributed by atoms with Gasteiger partial charge < -0.3 is 5.11 Å². The molecule has 0 rings (SSSR count). The molecule has 55 valence electrons. The normalized spacial score (nSPS) is 19.3. The number of hydrogen-bond donors (Lipinski definition) is 1. The Bertz CT molecular complexity index is 95.7. The number of alkyl halides is 1. The molecule has 0 aliphatic carbocycles. The maximum atomic E-state index is 9.48. The fourth-order valence-corrected chi connectivity index (χ4v) is 1.80. The highest BCUT2D eigenvalue weighted by Crippen LogP contribution is 2.20. The van der Waals surface area contributed by atoms with Crippen LogP contribution in [0.4, 0.5) is 0 Å². The Labute approximate surface area is 63.0 Å². The van der Waals surface area contributed by atoms with Crippen molar-refractivity contribution in [2.75, 3.05) is 5.88 Å². The first-order chi connectivity index (χ1) is 3.81. The molecule has 1 unspecified atom stereocenters.